The van der Waals surface area contributed by atoms with Crippen molar-refractivity contribution < 1.29 is 9.53 Å². The Morgan fingerprint density at radius 1 is 1.20 bits per heavy atom. The van der Waals surface area contributed by atoms with Crippen molar-refractivity contribution in [1.29, 1.82) is 0 Å². The highest BCUT2D eigenvalue weighted by Gasteiger charge is 2.21. The first-order valence-corrected chi connectivity index (χ1v) is 14.1. The quantitative estimate of drug-likeness (QED) is 0.338. The lowest BCUT2D eigenvalue weighted by molar-refractivity contribution is 0.0741. The molecule has 3 aromatic rings. The average molecular weight is 508 g/mol. The maximum absolute atomic E-state index is 13.5. The fourth-order valence-corrected chi connectivity index (χ4v) is 5.39. The Morgan fingerprint density at radius 2 is 2.03 bits per heavy atom. The summed E-state index contributed by atoms with van der Waals surface area (Å²) in [6.07, 6.45) is 6.90. The lowest BCUT2D eigenvalue weighted by Crippen LogP contribution is -2.32. The molecule has 1 aliphatic rings. The highest BCUT2D eigenvalue weighted by molar-refractivity contribution is 7.98. The van der Waals surface area contributed by atoms with E-state index in [1.165, 1.54) is 10.5 Å². The topological polar surface area (TPSA) is 54.5 Å². The Balaban J connectivity index is 1.49. The molecule has 0 spiro atoms. The minimum Gasteiger partial charge on any atom is -0.485 e. The summed E-state index contributed by atoms with van der Waals surface area (Å²) in [6, 6.07) is 16.2. The Hall–Kier alpha value is -2.61. The number of nitrogens with one attached hydrogen (secondary N) is 1. The van der Waals surface area contributed by atoms with Crippen LogP contribution in [0.25, 0.3) is 6.08 Å². The van der Waals surface area contributed by atoms with Crippen LogP contribution in [0, 0.1) is 0 Å². The monoisotopic (exact) mass is 507 g/mol. The number of fused-ring (bicyclic) bond motifs is 1. The molecule has 1 aromatic carbocycles. The molecule has 0 fully saturated rings. The van der Waals surface area contributed by atoms with E-state index in [0.717, 1.165) is 54.4 Å². The van der Waals surface area contributed by atoms with E-state index >= 15 is 0 Å². The van der Waals surface area contributed by atoms with Crippen molar-refractivity contribution in [2.45, 2.75) is 43.9 Å². The van der Waals surface area contributed by atoms with Crippen molar-refractivity contribution in [2.24, 2.45) is 0 Å². The number of benzene rings is 1. The molecular weight excluding hydrogens is 474 g/mol. The van der Waals surface area contributed by atoms with Gasteiger partial charge in [0, 0.05) is 24.4 Å². The number of amides is 1. The Kier molecular flexibility index (Phi) is 9.01. The Bertz CT molecular complexity index is 1140. The second kappa shape index (κ2) is 12.4. The zero-order valence-electron chi connectivity index (χ0n) is 20.6. The van der Waals surface area contributed by atoms with Crippen LogP contribution in [-0.4, -0.2) is 42.2 Å². The van der Waals surface area contributed by atoms with Crippen molar-refractivity contribution >= 4 is 35.1 Å². The van der Waals surface area contributed by atoms with Crippen molar-refractivity contribution in [2.75, 3.05) is 26.4 Å². The van der Waals surface area contributed by atoms with Crippen LogP contribution in [0.5, 0.6) is 5.75 Å². The SMILES string of the molecule is CNCC[C@@H](Oc1ccc(CN2CCC/C(C)=C/c3nc(SC)ccc3C2=O)cc1)c1cccs1. The molecular formula is C28H33N3O2S2. The zero-order valence-corrected chi connectivity index (χ0v) is 22.3. The van der Waals surface area contributed by atoms with Gasteiger partial charge >= 0.3 is 0 Å². The van der Waals surface area contributed by atoms with E-state index in [1.807, 2.05) is 42.5 Å². The number of ether oxygens (including phenoxy) is 1. The van der Waals surface area contributed by atoms with Crippen molar-refractivity contribution in [3.8, 4) is 5.75 Å². The molecule has 0 unspecified atom stereocenters. The zero-order chi connectivity index (χ0) is 24.6. The van der Waals surface area contributed by atoms with Gasteiger partial charge in [-0.15, -0.1) is 23.1 Å². The predicted octanol–water partition coefficient (Wildman–Crippen LogP) is 6.43. The first-order valence-electron chi connectivity index (χ1n) is 12.0. The van der Waals surface area contributed by atoms with Gasteiger partial charge in [-0.2, -0.15) is 0 Å². The second-order valence-electron chi connectivity index (χ2n) is 8.77. The third-order valence-corrected chi connectivity index (χ3v) is 7.71. The fraction of sp³-hybridized carbons (Fsp3) is 0.357. The molecule has 184 valence electrons. The molecule has 35 heavy (non-hydrogen) atoms. The molecule has 1 N–H and O–H groups in total. The van der Waals surface area contributed by atoms with Gasteiger partial charge in [-0.05, 0) is 87.0 Å². The van der Waals surface area contributed by atoms with Crippen LogP contribution >= 0.6 is 23.1 Å². The maximum Gasteiger partial charge on any atom is 0.256 e. The van der Waals surface area contributed by atoms with Gasteiger partial charge in [-0.3, -0.25) is 4.79 Å². The largest absolute Gasteiger partial charge is 0.485 e. The van der Waals surface area contributed by atoms with Gasteiger partial charge in [-0.1, -0.05) is 23.8 Å². The van der Waals surface area contributed by atoms with Gasteiger partial charge < -0.3 is 15.0 Å². The van der Waals surface area contributed by atoms with E-state index in [2.05, 4.69) is 48.0 Å². The lowest BCUT2D eigenvalue weighted by atomic mass is 10.1. The van der Waals surface area contributed by atoms with Crippen LogP contribution < -0.4 is 10.1 Å². The predicted molar refractivity (Wildman–Crippen MR) is 146 cm³/mol. The lowest BCUT2D eigenvalue weighted by Gasteiger charge is -2.23. The summed E-state index contributed by atoms with van der Waals surface area (Å²) in [5.41, 5.74) is 3.79. The normalized spacial score (nSPS) is 16.5. The fourth-order valence-electron chi connectivity index (χ4n) is 4.21. The minimum atomic E-state index is 0.0268. The van der Waals surface area contributed by atoms with Crippen LogP contribution in [0.2, 0.25) is 0 Å². The first kappa shape index (κ1) is 25.5. The number of hydrogen-bond acceptors (Lipinski definition) is 6. The van der Waals surface area contributed by atoms with E-state index in [9.17, 15) is 4.79 Å². The van der Waals surface area contributed by atoms with Crippen LogP contribution in [-0.2, 0) is 6.54 Å². The number of thioether (sulfide) groups is 1. The number of nitrogens with zero attached hydrogens (tertiary/aromatic N) is 2. The van der Waals surface area contributed by atoms with Gasteiger partial charge in [0.15, 0.2) is 0 Å². The molecule has 2 aromatic heterocycles. The summed E-state index contributed by atoms with van der Waals surface area (Å²) in [6.45, 7) is 4.30. The molecule has 0 aliphatic carbocycles. The molecule has 4 rings (SSSR count). The molecule has 1 atom stereocenters. The van der Waals surface area contributed by atoms with Gasteiger partial charge in [0.1, 0.15) is 11.9 Å². The number of hydrogen-bond donors (Lipinski definition) is 1. The van der Waals surface area contributed by atoms with Crippen LogP contribution in [0.1, 0.15) is 58.8 Å². The molecule has 5 nitrogen and oxygen atoms in total. The summed E-state index contributed by atoms with van der Waals surface area (Å²) in [5, 5.41) is 6.23. The molecule has 3 heterocycles. The van der Waals surface area contributed by atoms with Crippen LogP contribution in [0.4, 0.5) is 0 Å². The highest BCUT2D eigenvalue weighted by atomic mass is 32.2. The van der Waals surface area contributed by atoms with E-state index in [-0.39, 0.29) is 12.0 Å². The summed E-state index contributed by atoms with van der Waals surface area (Å²) in [5.74, 6) is 0.884. The highest BCUT2D eigenvalue weighted by Crippen LogP contribution is 2.29. The molecule has 0 bridgehead atoms. The van der Waals surface area contributed by atoms with Crippen molar-refractivity contribution in [3.05, 3.63) is 81.2 Å². The smallest absolute Gasteiger partial charge is 0.256 e. The summed E-state index contributed by atoms with van der Waals surface area (Å²) in [4.78, 5) is 21.4. The van der Waals surface area contributed by atoms with Gasteiger partial charge in [0.05, 0.1) is 16.3 Å². The third kappa shape index (κ3) is 6.75. The number of carbonyl (C=O) groups is 1. The third-order valence-electron chi connectivity index (χ3n) is 6.10. The Morgan fingerprint density at radius 3 is 2.74 bits per heavy atom. The van der Waals surface area contributed by atoms with E-state index in [1.54, 1.807) is 23.1 Å². The maximum atomic E-state index is 13.5. The van der Waals surface area contributed by atoms with Crippen LogP contribution in [0.3, 0.4) is 0 Å². The van der Waals surface area contributed by atoms with Gasteiger partial charge in [0.25, 0.3) is 5.91 Å². The minimum absolute atomic E-state index is 0.0268. The van der Waals surface area contributed by atoms with Crippen LogP contribution in [0.15, 0.2) is 64.5 Å². The summed E-state index contributed by atoms with van der Waals surface area (Å²) < 4.78 is 6.33. The average Bonchev–Trinajstić information content (AvgIpc) is 3.42. The van der Waals surface area contributed by atoms with E-state index < -0.39 is 0 Å². The number of allylic oxidation sites excluding steroid dienone is 1. The first-order chi connectivity index (χ1) is 17.1. The summed E-state index contributed by atoms with van der Waals surface area (Å²) in [7, 11) is 1.96. The molecule has 0 saturated carbocycles. The summed E-state index contributed by atoms with van der Waals surface area (Å²) >= 11 is 3.32. The molecule has 7 heteroatoms. The molecule has 1 aliphatic heterocycles. The van der Waals surface area contributed by atoms with Crippen molar-refractivity contribution in [3.63, 3.8) is 0 Å². The number of thiophene rings is 1. The number of aromatic nitrogens is 1. The molecule has 0 saturated heterocycles. The Labute approximate surface area is 216 Å². The van der Waals surface area contributed by atoms with Gasteiger partial charge in [0.2, 0.25) is 0 Å². The second-order valence-corrected chi connectivity index (χ2v) is 10.6. The van der Waals surface area contributed by atoms with Gasteiger partial charge in [-0.25, -0.2) is 4.98 Å². The number of rotatable bonds is 9. The van der Waals surface area contributed by atoms with E-state index in [0.29, 0.717) is 12.1 Å². The van der Waals surface area contributed by atoms with Crippen molar-refractivity contribution in [1.82, 2.24) is 15.2 Å². The standard InChI is InChI=1S/C28H33N3O2S2/c1-20-6-4-16-31(28(32)23-12-13-27(34-3)30-24(23)18-20)19-21-8-10-22(11-9-21)33-25(14-15-29-2)26-7-5-17-35-26/h5,7-13,17-18,25,29H,4,6,14-16,19H2,1-3H3/b20-18+/t25-/m1/s1. The van der Waals surface area contributed by atoms with E-state index in [4.69, 9.17) is 9.72 Å². The molecule has 0 radical (unpaired) electrons. The number of carbonyl (C=O) groups excluding carboxylic acids is 1. The molecule has 1 amide bonds. The number of pyridine rings is 1.